The SMILES string of the molecule is CCC(=O)N1CCc2cc(S(=O)(=O)NCCSCc3cccc(C)c3)ccc21. The number of thioether (sulfide) groups is 1. The number of sulfonamides is 1. The van der Waals surface area contributed by atoms with Gasteiger partial charge in [-0.2, -0.15) is 11.8 Å². The molecule has 0 saturated carbocycles. The zero-order chi connectivity index (χ0) is 20.1. The van der Waals surface area contributed by atoms with Crippen LogP contribution in [0.25, 0.3) is 0 Å². The zero-order valence-electron chi connectivity index (χ0n) is 16.3. The summed E-state index contributed by atoms with van der Waals surface area (Å²) in [6.07, 6.45) is 1.14. The number of benzene rings is 2. The molecule has 0 radical (unpaired) electrons. The summed E-state index contributed by atoms with van der Waals surface area (Å²) in [5.41, 5.74) is 4.23. The zero-order valence-corrected chi connectivity index (χ0v) is 17.9. The number of aryl methyl sites for hydroxylation is 1. The Labute approximate surface area is 171 Å². The second-order valence-electron chi connectivity index (χ2n) is 6.88. The molecule has 28 heavy (non-hydrogen) atoms. The highest BCUT2D eigenvalue weighted by atomic mass is 32.2. The van der Waals surface area contributed by atoms with Gasteiger partial charge in [-0.25, -0.2) is 13.1 Å². The third kappa shape index (κ3) is 4.96. The van der Waals surface area contributed by atoms with E-state index in [1.165, 1.54) is 11.1 Å². The predicted octanol–water partition coefficient (Wildman–Crippen LogP) is 3.51. The molecule has 1 heterocycles. The molecule has 0 aliphatic carbocycles. The molecule has 1 amide bonds. The van der Waals surface area contributed by atoms with Crippen LogP contribution in [0.1, 0.15) is 30.0 Å². The summed E-state index contributed by atoms with van der Waals surface area (Å²) in [6, 6.07) is 13.4. The minimum atomic E-state index is -3.54. The second-order valence-corrected chi connectivity index (χ2v) is 9.75. The van der Waals surface area contributed by atoms with E-state index >= 15 is 0 Å². The highest BCUT2D eigenvalue weighted by Gasteiger charge is 2.25. The molecular weight excluding hydrogens is 392 g/mol. The number of nitrogens with zero attached hydrogens (tertiary/aromatic N) is 1. The van der Waals surface area contributed by atoms with Gasteiger partial charge in [-0.15, -0.1) is 0 Å². The Bertz CT molecular complexity index is 958. The Balaban J connectivity index is 1.54. The van der Waals surface area contributed by atoms with Gasteiger partial charge in [0.1, 0.15) is 0 Å². The molecule has 7 heteroatoms. The van der Waals surface area contributed by atoms with Crippen molar-refractivity contribution in [3.8, 4) is 0 Å². The summed E-state index contributed by atoms with van der Waals surface area (Å²) in [5, 5.41) is 0. The summed E-state index contributed by atoms with van der Waals surface area (Å²) >= 11 is 1.71. The number of amides is 1. The number of fused-ring (bicyclic) bond motifs is 1. The van der Waals surface area contributed by atoms with Gasteiger partial charge in [0, 0.05) is 36.7 Å². The normalized spacial score (nSPS) is 13.6. The van der Waals surface area contributed by atoms with Gasteiger partial charge in [-0.3, -0.25) is 4.79 Å². The lowest BCUT2D eigenvalue weighted by atomic mass is 10.2. The minimum Gasteiger partial charge on any atom is -0.312 e. The van der Waals surface area contributed by atoms with Gasteiger partial charge in [0.05, 0.1) is 4.90 Å². The molecule has 5 nitrogen and oxygen atoms in total. The monoisotopic (exact) mass is 418 g/mol. The van der Waals surface area contributed by atoms with Crippen LogP contribution in [-0.4, -0.2) is 33.2 Å². The van der Waals surface area contributed by atoms with Crippen molar-refractivity contribution in [3.05, 3.63) is 59.2 Å². The molecule has 2 aromatic carbocycles. The van der Waals surface area contributed by atoms with E-state index in [1.807, 2.05) is 13.0 Å². The first-order valence-electron chi connectivity index (χ1n) is 9.47. The Morgan fingerprint density at radius 2 is 2.04 bits per heavy atom. The van der Waals surface area contributed by atoms with Gasteiger partial charge in [0.2, 0.25) is 15.9 Å². The third-order valence-corrected chi connectivity index (χ3v) is 7.24. The van der Waals surface area contributed by atoms with Crippen molar-refractivity contribution >= 4 is 33.4 Å². The molecule has 1 aliphatic heterocycles. The van der Waals surface area contributed by atoms with Crippen LogP contribution in [-0.2, 0) is 27.0 Å². The minimum absolute atomic E-state index is 0.0677. The Kier molecular flexibility index (Phi) is 6.80. The number of carbonyl (C=O) groups excluding carboxylic acids is 1. The first-order chi connectivity index (χ1) is 13.4. The van der Waals surface area contributed by atoms with Crippen LogP contribution in [0.2, 0.25) is 0 Å². The van der Waals surface area contributed by atoms with E-state index in [1.54, 1.807) is 34.9 Å². The predicted molar refractivity (Wildman–Crippen MR) is 115 cm³/mol. The summed E-state index contributed by atoms with van der Waals surface area (Å²) in [5.74, 6) is 1.64. The molecule has 0 spiro atoms. The molecule has 1 aliphatic rings. The number of anilines is 1. The standard InChI is InChI=1S/C21H26N2O3S2/c1-3-21(24)23-11-9-18-14-19(7-8-20(18)23)28(25,26)22-10-12-27-15-17-6-4-5-16(2)13-17/h4-8,13-14,22H,3,9-12,15H2,1-2H3. The van der Waals surface area contributed by atoms with E-state index in [9.17, 15) is 13.2 Å². The molecule has 0 atom stereocenters. The molecule has 150 valence electrons. The largest absolute Gasteiger partial charge is 0.312 e. The van der Waals surface area contributed by atoms with Crippen molar-refractivity contribution < 1.29 is 13.2 Å². The molecule has 0 fully saturated rings. The maximum atomic E-state index is 12.6. The molecule has 2 aromatic rings. The fourth-order valence-corrected chi connectivity index (χ4v) is 5.34. The number of hydrogen-bond acceptors (Lipinski definition) is 4. The highest BCUT2D eigenvalue weighted by Crippen LogP contribution is 2.30. The first kappa shape index (κ1) is 20.9. The summed E-state index contributed by atoms with van der Waals surface area (Å²) in [4.78, 5) is 14.0. The smallest absolute Gasteiger partial charge is 0.240 e. The van der Waals surface area contributed by atoms with Crippen molar-refractivity contribution in [2.45, 2.75) is 37.3 Å². The van der Waals surface area contributed by atoms with Gasteiger partial charge < -0.3 is 4.90 Å². The van der Waals surface area contributed by atoms with Gasteiger partial charge in [0.25, 0.3) is 0 Å². The van der Waals surface area contributed by atoms with Gasteiger partial charge in [0.15, 0.2) is 0 Å². The molecule has 1 N–H and O–H groups in total. The number of hydrogen-bond donors (Lipinski definition) is 1. The van der Waals surface area contributed by atoms with E-state index < -0.39 is 10.0 Å². The lowest BCUT2D eigenvalue weighted by Crippen LogP contribution is -2.28. The van der Waals surface area contributed by atoms with Crippen molar-refractivity contribution in [2.75, 3.05) is 23.7 Å². The van der Waals surface area contributed by atoms with Gasteiger partial charge in [-0.1, -0.05) is 36.8 Å². The van der Waals surface area contributed by atoms with Crippen LogP contribution >= 0.6 is 11.8 Å². The van der Waals surface area contributed by atoms with Crippen LogP contribution in [0.5, 0.6) is 0 Å². The summed E-state index contributed by atoms with van der Waals surface area (Å²) in [6.45, 7) is 4.90. The van der Waals surface area contributed by atoms with Crippen molar-refractivity contribution in [1.82, 2.24) is 4.72 Å². The second kappa shape index (κ2) is 9.11. The molecule has 0 saturated heterocycles. The fraction of sp³-hybridized carbons (Fsp3) is 0.381. The van der Waals surface area contributed by atoms with E-state index in [-0.39, 0.29) is 10.8 Å². The number of rotatable bonds is 8. The van der Waals surface area contributed by atoms with Crippen LogP contribution < -0.4 is 9.62 Å². The lowest BCUT2D eigenvalue weighted by molar-refractivity contribution is -0.118. The molecular formula is C21H26N2O3S2. The van der Waals surface area contributed by atoms with Crippen LogP contribution in [0.4, 0.5) is 5.69 Å². The number of nitrogens with one attached hydrogen (secondary N) is 1. The first-order valence-corrected chi connectivity index (χ1v) is 12.1. The molecule has 0 aromatic heterocycles. The van der Waals surface area contributed by atoms with E-state index in [0.29, 0.717) is 31.7 Å². The average molecular weight is 419 g/mol. The van der Waals surface area contributed by atoms with Crippen LogP contribution in [0, 0.1) is 6.92 Å². The van der Waals surface area contributed by atoms with Crippen molar-refractivity contribution in [3.63, 3.8) is 0 Å². The lowest BCUT2D eigenvalue weighted by Gasteiger charge is -2.16. The Morgan fingerprint density at radius 1 is 1.21 bits per heavy atom. The van der Waals surface area contributed by atoms with Crippen molar-refractivity contribution in [1.29, 1.82) is 0 Å². The fourth-order valence-electron chi connectivity index (χ4n) is 3.32. The summed E-state index contributed by atoms with van der Waals surface area (Å²) < 4.78 is 27.8. The van der Waals surface area contributed by atoms with E-state index in [4.69, 9.17) is 0 Å². The maximum absolute atomic E-state index is 12.6. The topological polar surface area (TPSA) is 66.5 Å². The Morgan fingerprint density at radius 3 is 2.79 bits per heavy atom. The molecule has 0 bridgehead atoms. The number of carbonyl (C=O) groups is 1. The van der Waals surface area contributed by atoms with Crippen molar-refractivity contribution in [2.24, 2.45) is 0 Å². The highest BCUT2D eigenvalue weighted by molar-refractivity contribution is 7.98. The van der Waals surface area contributed by atoms with Gasteiger partial charge >= 0.3 is 0 Å². The van der Waals surface area contributed by atoms with E-state index in [2.05, 4.69) is 29.8 Å². The molecule has 0 unspecified atom stereocenters. The summed E-state index contributed by atoms with van der Waals surface area (Å²) in [7, 11) is -3.54. The Hall–Kier alpha value is -1.83. The third-order valence-electron chi connectivity index (χ3n) is 4.75. The average Bonchev–Trinajstić information content (AvgIpc) is 3.10. The molecule has 3 rings (SSSR count). The van der Waals surface area contributed by atoms with Gasteiger partial charge in [-0.05, 0) is 42.7 Å². The van der Waals surface area contributed by atoms with Crippen LogP contribution in [0.15, 0.2) is 47.4 Å². The van der Waals surface area contributed by atoms with E-state index in [0.717, 1.165) is 17.0 Å². The maximum Gasteiger partial charge on any atom is 0.240 e. The quantitative estimate of drug-likeness (QED) is 0.666. The van der Waals surface area contributed by atoms with Crippen LogP contribution in [0.3, 0.4) is 0 Å².